The number of amides is 3. The summed E-state index contributed by atoms with van der Waals surface area (Å²) in [5.74, 6) is -2.18. The van der Waals surface area contributed by atoms with Gasteiger partial charge in [-0.3, -0.25) is 9.59 Å². The van der Waals surface area contributed by atoms with Crippen LogP contribution in [0.1, 0.15) is 84.0 Å². The van der Waals surface area contributed by atoms with Crippen LogP contribution >= 0.6 is 0 Å². The van der Waals surface area contributed by atoms with E-state index in [1.165, 1.54) is 23.1 Å². The lowest BCUT2D eigenvalue weighted by molar-refractivity contribution is -0.159. The van der Waals surface area contributed by atoms with Crippen LogP contribution in [0.15, 0.2) is 78.9 Å². The predicted octanol–water partition coefficient (Wildman–Crippen LogP) is 5.97. The molecule has 0 saturated carbocycles. The normalized spacial score (nSPS) is 13.3. The Morgan fingerprint density at radius 2 is 1.28 bits per heavy atom. The Labute approximate surface area is 295 Å². The summed E-state index contributed by atoms with van der Waals surface area (Å²) in [6.07, 6.45) is 0.435. The number of phenols is 2. The van der Waals surface area contributed by atoms with Gasteiger partial charge in [-0.2, -0.15) is 0 Å². The highest BCUT2D eigenvalue weighted by Gasteiger charge is 2.39. The molecule has 0 aliphatic rings. The number of esters is 1. The van der Waals surface area contributed by atoms with Crippen molar-refractivity contribution in [3.05, 3.63) is 95.6 Å². The summed E-state index contributed by atoms with van der Waals surface area (Å²) in [6, 6.07) is 17.8. The number of hydrogen-bond acceptors (Lipinski definition) is 8. The number of alkyl carbamates (subject to hydrolysis) is 1. The number of para-hydroxylation sites is 1. The van der Waals surface area contributed by atoms with Gasteiger partial charge in [0.15, 0.2) is 0 Å². The molecule has 0 aliphatic carbocycles. The molecule has 4 N–H and O–H groups in total. The molecule has 0 aliphatic heterocycles. The molecule has 0 heterocycles. The fourth-order valence-electron chi connectivity index (χ4n) is 5.25. The minimum atomic E-state index is -1.40. The maximum atomic E-state index is 14.7. The number of carbonyl (C=O) groups is 4. The van der Waals surface area contributed by atoms with E-state index in [1.807, 2.05) is 37.3 Å². The lowest BCUT2D eigenvalue weighted by Crippen LogP contribution is -2.55. The van der Waals surface area contributed by atoms with E-state index in [0.717, 1.165) is 5.56 Å². The SMILES string of the molecule is CCCCN(C(=O)C(Cc1ccc(O)cc1)NC(=O)OC(C)(C)C)C(C(=O)NC(Cc1ccccc1)C(=O)OC(C)(C)C)c1ccccc1O. The van der Waals surface area contributed by atoms with Crippen molar-refractivity contribution in [2.45, 2.75) is 103 Å². The summed E-state index contributed by atoms with van der Waals surface area (Å²) in [5.41, 5.74) is -0.156. The number of nitrogens with one attached hydrogen (secondary N) is 2. The molecule has 3 aromatic carbocycles. The van der Waals surface area contributed by atoms with Crippen molar-refractivity contribution in [3.63, 3.8) is 0 Å². The highest BCUT2D eigenvalue weighted by atomic mass is 16.6. The van der Waals surface area contributed by atoms with Gasteiger partial charge in [0.2, 0.25) is 11.8 Å². The van der Waals surface area contributed by atoms with Gasteiger partial charge in [0.05, 0.1) is 0 Å². The molecule has 0 fully saturated rings. The number of nitrogens with zero attached hydrogens (tertiary/aromatic N) is 1. The van der Waals surface area contributed by atoms with E-state index in [9.17, 15) is 29.4 Å². The first-order chi connectivity index (χ1) is 23.5. The number of carbonyl (C=O) groups excluding carboxylic acids is 4. The van der Waals surface area contributed by atoms with Crippen LogP contribution < -0.4 is 10.6 Å². The quantitative estimate of drug-likeness (QED) is 0.151. The third kappa shape index (κ3) is 12.4. The van der Waals surface area contributed by atoms with E-state index in [1.54, 1.807) is 71.9 Å². The summed E-state index contributed by atoms with van der Waals surface area (Å²) in [7, 11) is 0. The molecule has 3 aromatic rings. The van der Waals surface area contributed by atoms with E-state index in [4.69, 9.17) is 9.47 Å². The fraction of sp³-hybridized carbons (Fsp3) is 0.436. The van der Waals surface area contributed by atoms with Gasteiger partial charge in [0, 0.05) is 24.9 Å². The maximum Gasteiger partial charge on any atom is 0.408 e. The number of hydrogen-bond donors (Lipinski definition) is 4. The second-order valence-corrected chi connectivity index (χ2v) is 14.2. The third-order valence-corrected chi connectivity index (χ3v) is 7.48. The van der Waals surface area contributed by atoms with Gasteiger partial charge in [0.1, 0.15) is 40.8 Å². The zero-order valence-electron chi connectivity index (χ0n) is 30.1. The Balaban J connectivity index is 2.11. The second kappa shape index (κ2) is 17.6. The van der Waals surface area contributed by atoms with Crippen molar-refractivity contribution in [1.29, 1.82) is 0 Å². The van der Waals surface area contributed by atoms with E-state index in [0.29, 0.717) is 18.4 Å². The molecule has 11 heteroatoms. The minimum absolute atomic E-state index is 0.00460. The van der Waals surface area contributed by atoms with Crippen molar-refractivity contribution in [3.8, 4) is 11.5 Å². The summed E-state index contributed by atoms with van der Waals surface area (Å²) in [6.45, 7) is 12.3. The smallest absolute Gasteiger partial charge is 0.408 e. The third-order valence-electron chi connectivity index (χ3n) is 7.48. The summed E-state index contributed by atoms with van der Waals surface area (Å²) in [5, 5.41) is 26.4. The molecule has 3 unspecified atom stereocenters. The summed E-state index contributed by atoms with van der Waals surface area (Å²) >= 11 is 0. The number of unbranched alkanes of at least 4 members (excludes halogenated alkanes) is 1. The Kier molecular flexibility index (Phi) is 13.8. The first kappa shape index (κ1) is 39.4. The topological polar surface area (TPSA) is 154 Å². The van der Waals surface area contributed by atoms with Crippen molar-refractivity contribution in [2.24, 2.45) is 0 Å². The lowest BCUT2D eigenvalue weighted by Gasteiger charge is -2.35. The Hall–Kier alpha value is -5.06. The minimum Gasteiger partial charge on any atom is -0.508 e. The van der Waals surface area contributed by atoms with Crippen LogP contribution in [0.2, 0.25) is 0 Å². The second-order valence-electron chi connectivity index (χ2n) is 14.2. The summed E-state index contributed by atoms with van der Waals surface area (Å²) < 4.78 is 11.2. The van der Waals surface area contributed by atoms with Gasteiger partial charge < -0.3 is 35.2 Å². The molecular formula is C39H51N3O8. The highest BCUT2D eigenvalue weighted by Crippen LogP contribution is 2.31. The first-order valence-corrected chi connectivity index (χ1v) is 16.9. The number of benzene rings is 3. The standard InChI is InChI=1S/C39H51N3O8/c1-8-9-23-42(35(46)30(41-37(48)50-39(5,6)7)24-27-19-21-28(43)22-20-27)33(29-17-13-14-18-32(29)44)34(45)40-31(36(47)49-38(2,3)4)25-26-15-11-10-12-16-26/h10-22,30-31,33,43-44H,8-9,23-25H2,1-7H3,(H,40,45)(H,41,48). The lowest BCUT2D eigenvalue weighted by atomic mass is 9.98. The van der Waals surface area contributed by atoms with E-state index in [-0.39, 0.29) is 36.4 Å². The Morgan fingerprint density at radius 3 is 1.86 bits per heavy atom. The molecule has 0 bridgehead atoms. The van der Waals surface area contributed by atoms with Gasteiger partial charge >= 0.3 is 12.1 Å². The number of ether oxygens (including phenoxy) is 2. The zero-order valence-corrected chi connectivity index (χ0v) is 30.1. The molecule has 0 aromatic heterocycles. The molecule has 3 rings (SSSR count). The van der Waals surface area contributed by atoms with Crippen LogP contribution in [-0.4, -0.2) is 68.8 Å². The van der Waals surface area contributed by atoms with E-state index >= 15 is 0 Å². The Bertz CT molecular complexity index is 1580. The highest BCUT2D eigenvalue weighted by molar-refractivity contribution is 5.94. The predicted molar refractivity (Wildman–Crippen MR) is 190 cm³/mol. The van der Waals surface area contributed by atoms with Crippen molar-refractivity contribution in [2.75, 3.05) is 6.54 Å². The molecule has 3 atom stereocenters. The van der Waals surface area contributed by atoms with E-state index in [2.05, 4.69) is 10.6 Å². The van der Waals surface area contributed by atoms with Gasteiger partial charge in [-0.25, -0.2) is 9.59 Å². The molecular weight excluding hydrogens is 638 g/mol. The molecule has 270 valence electrons. The molecule has 0 saturated heterocycles. The monoisotopic (exact) mass is 689 g/mol. The van der Waals surface area contributed by atoms with Crippen molar-refractivity contribution in [1.82, 2.24) is 15.5 Å². The zero-order chi connectivity index (χ0) is 37.1. The maximum absolute atomic E-state index is 14.7. The van der Waals surface area contributed by atoms with Crippen molar-refractivity contribution >= 4 is 23.9 Å². The van der Waals surface area contributed by atoms with Gasteiger partial charge in [-0.15, -0.1) is 0 Å². The molecule has 11 nitrogen and oxygen atoms in total. The van der Waals surface area contributed by atoms with Gasteiger partial charge in [-0.1, -0.05) is 74.0 Å². The van der Waals surface area contributed by atoms with Crippen LogP contribution in [-0.2, 0) is 36.7 Å². The van der Waals surface area contributed by atoms with Crippen LogP contribution in [0, 0.1) is 0 Å². The number of rotatable bonds is 14. The average Bonchev–Trinajstić information content (AvgIpc) is 3.02. The molecule has 0 radical (unpaired) electrons. The number of aromatic hydroxyl groups is 2. The van der Waals surface area contributed by atoms with Crippen LogP contribution in [0.25, 0.3) is 0 Å². The Morgan fingerprint density at radius 1 is 0.720 bits per heavy atom. The van der Waals surface area contributed by atoms with Crippen LogP contribution in [0.3, 0.4) is 0 Å². The molecule has 50 heavy (non-hydrogen) atoms. The van der Waals surface area contributed by atoms with Crippen LogP contribution in [0.5, 0.6) is 11.5 Å². The van der Waals surface area contributed by atoms with Crippen LogP contribution in [0.4, 0.5) is 4.79 Å². The largest absolute Gasteiger partial charge is 0.508 e. The fourth-order valence-corrected chi connectivity index (χ4v) is 5.25. The molecule has 0 spiro atoms. The summed E-state index contributed by atoms with van der Waals surface area (Å²) in [4.78, 5) is 57.2. The van der Waals surface area contributed by atoms with E-state index < -0.39 is 53.2 Å². The van der Waals surface area contributed by atoms with Gasteiger partial charge in [-0.05, 0) is 77.3 Å². The van der Waals surface area contributed by atoms with Crippen molar-refractivity contribution < 1.29 is 38.9 Å². The molecule has 3 amide bonds. The first-order valence-electron chi connectivity index (χ1n) is 16.9. The van der Waals surface area contributed by atoms with Gasteiger partial charge in [0.25, 0.3) is 0 Å². The average molecular weight is 690 g/mol. The number of phenolic OH excluding ortho intramolecular Hbond substituents is 2.